The predicted molar refractivity (Wildman–Crippen MR) is 139 cm³/mol. The zero-order valence-electron chi connectivity index (χ0n) is 20.3. The van der Waals surface area contributed by atoms with Crippen LogP contribution in [-0.2, 0) is 14.3 Å². The summed E-state index contributed by atoms with van der Waals surface area (Å²) in [7, 11) is 0. The maximum absolute atomic E-state index is 13.2. The predicted octanol–water partition coefficient (Wildman–Crippen LogP) is 4.09. The van der Waals surface area contributed by atoms with E-state index in [0.717, 1.165) is 26.1 Å². The van der Waals surface area contributed by atoms with Crippen molar-refractivity contribution in [2.24, 2.45) is 0 Å². The van der Waals surface area contributed by atoms with Crippen molar-refractivity contribution >= 4 is 33.4 Å². The first-order chi connectivity index (χ1) is 17.4. The number of carbonyl (C=O) groups is 2. The second-order valence-electron chi connectivity index (χ2n) is 8.88. The number of Topliss-reactive ketones (excluding diaryl/α,β-unsaturated/α-hetero) is 1. The van der Waals surface area contributed by atoms with E-state index in [9.17, 15) is 19.8 Å². The molecule has 192 valence electrons. The van der Waals surface area contributed by atoms with Crippen LogP contribution in [0.15, 0.2) is 52.5 Å². The van der Waals surface area contributed by atoms with Crippen LogP contribution in [0.25, 0.3) is 5.76 Å². The van der Waals surface area contributed by atoms with Gasteiger partial charge in [-0.3, -0.25) is 14.5 Å². The van der Waals surface area contributed by atoms with Crippen molar-refractivity contribution in [3.63, 3.8) is 0 Å². The molecular weight excluding hydrogens is 528 g/mol. The number of aliphatic hydroxyl groups excluding tert-OH is 1. The molecule has 0 aromatic heterocycles. The number of halogens is 1. The minimum absolute atomic E-state index is 0.0398. The monoisotopic (exact) mass is 558 g/mol. The Balaban J connectivity index is 1.68. The first-order valence-corrected chi connectivity index (χ1v) is 13.0. The molecule has 0 unspecified atom stereocenters. The van der Waals surface area contributed by atoms with E-state index in [-0.39, 0.29) is 16.9 Å². The number of likely N-dealkylation sites (tertiary alicyclic amines) is 1. The zero-order valence-corrected chi connectivity index (χ0v) is 21.9. The molecule has 0 saturated carbocycles. The van der Waals surface area contributed by atoms with Gasteiger partial charge in [-0.1, -0.05) is 35.0 Å². The van der Waals surface area contributed by atoms with E-state index in [1.54, 1.807) is 18.2 Å². The highest BCUT2D eigenvalue weighted by atomic mass is 79.9. The van der Waals surface area contributed by atoms with Crippen LogP contribution in [0.2, 0.25) is 0 Å². The highest BCUT2D eigenvalue weighted by Crippen LogP contribution is 2.41. The fourth-order valence-corrected chi connectivity index (χ4v) is 4.92. The minimum atomic E-state index is -0.784. The molecule has 0 radical (unpaired) electrons. The van der Waals surface area contributed by atoms with Crippen LogP contribution in [0.3, 0.4) is 0 Å². The van der Waals surface area contributed by atoms with Gasteiger partial charge in [0.15, 0.2) is 0 Å². The summed E-state index contributed by atoms with van der Waals surface area (Å²) in [6.07, 6.45) is 1.55. The van der Waals surface area contributed by atoms with Gasteiger partial charge in [0.1, 0.15) is 17.3 Å². The van der Waals surface area contributed by atoms with E-state index in [4.69, 9.17) is 9.47 Å². The van der Waals surface area contributed by atoms with Crippen molar-refractivity contribution in [3.8, 4) is 11.5 Å². The standard InChI is InChI=1S/C27H31BrN2O6/c1-2-14-36-20-7-4-18(5-8-20)24-23(25(32)21-17-19(28)6-9-22(21)31)26(33)27(34)30(24)11-3-10-29-12-15-35-16-13-29/h4-9,17,24,31-32H,2-3,10-16H2,1H3/t24-/m0/s1. The average Bonchev–Trinajstić information content (AvgIpc) is 3.14. The summed E-state index contributed by atoms with van der Waals surface area (Å²) in [6, 6.07) is 11.0. The van der Waals surface area contributed by atoms with Crippen molar-refractivity contribution in [1.29, 1.82) is 0 Å². The molecule has 1 atom stereocenters. The molecule has 2 saturated heterocycles. The number of benzene rings is 2. The molecule has 0 spiro atoms. The Morgan fingerprint density at radius 3 is 2.53 bits per heavy atom. The Hall–Kier alpha value is -2.88. The van der Waals surface area contributed by atoms with Gasteiger partial charge < -0.3 is 24.6 Å². The number of phenols is 1. The van der Waals surface area contributed by atoms with Crippen LogP contribution in [0, 0.1) is 0 Å². The molecule has 2 aliphatic heterocycles. The van der Waals surface area contributed by atoms with Crippen LogP contribution in [-0.4, -0.2) is 77.7 Å². The number of morpholine rings is 1. The van der Waals surface area contributed by atoms with Crippen LogP contribution >= 0.6 is 15.9 Å². The van der Waals surface area contributed by atoms with E-state index >= 15 is 0 Å². The van der Waals surface area contributed by atoms with Crippen molar-refractivity contribution in [1.82, 2.24) is 9.80 Å². The van der Waals surface area contributed by atoms with Crippen molar-refractivity contribution < 1.29 is 29.3 Å². The lowest BCUT2D eigenvalue weighted by Gasteiger charge is -2.29. The van der Waals surface area contributed by atoms with E-state index < -0.39 is 23.5 Å². The molecule has 2 heterocycles. The Morgan fingerprint density at radius 2 is 1.83 bits per heavy atom. The second-order valence-corrected chi connectivity index (χ2v) is 9.79. The summed E-state index contributed by atoms with van der Waals surface area (Å²) < 4.78 is 11.7. The van der Waals surface area contributed by atoms with E-state index in [0.29, 0.717) is 48.6 Å². The normalized spacial score (nSPS) is 20.2. The molecule has 9 heteroatoms. The van der Waals surface area contributed by atoms with Crippen molar-refractivity contribution in [3.05, 3.63) is 63.6 Å². The molecule has 2 aromatic carbocycles. The SMILES string of the molecule is CCCOc1ccc([C@H]2C(=C(O)c3cc(Br)ccc3O)C(=O)C(=O)N2CCCN2CCOCC2)cc1. The fourth-order valence-electron chi connectivity index (χ4n) is 4.56. The molecular formula is C27H31BrN2O6. The highest BCUT2D eigenvalue weighted by Gasteiger charge is 2.46. The molecule has 2 aliphatic rings. The third-order valence-corrected chi connectivity index (χ3v) is 6.89. The summed E-state index contributed by atoms with van der Waals surface area (Å²) in [5.41, 5.74) is 0.728. The molecule has 36 heavy (non-hydrogen) atoms. The fraction of sp³-hybridized carbons (Fsp3) is 0.407. The summed E-state index contributed by atoms with van der Waals surface area (Å²) >= 11 is 3.34. The molecule has 0 aliphatic carbocycles. The average molecular weight is 559 g/mol. The number of hydrogen-bond donors (Lipinski definition) is 2. The van der Waals surface area contributed by atoms with Crippen LogP contribution in [0.1, 0.15) is 36.9 Å². The quantitative estimate of drug-likeness (QED) is 0.271. The number of rotatable bonds is 9. The topological polar surface area (TPSA) is 99.5 Å². The first-order valence-electron chi connectivity index (χ1n) is 12.2. The number of aliphatic hydroxyl groups is 1. The number of amides is 1. The van der Waals surface area contributed by atoms with Gasteiger partial charge in [0.25, 0.3) is 11.7 Å². The van der Waals surface area contributed by atoms with Crippen molar-refractivity contribution in [2.75, 3.05) is 46.0 Å². The van der Waals surface area contributed by atoms with Crippen LogP contribution in [0.5, 0.6) is 11.5 Å². The van der Waals surface area contributed by atoms with Gasteiger partial charge in [-0.05, 0) is 48.7 Å². The molecule has 1 amide bonds. The Bertz CT molecular complexity index is 1130. The molecule has 8 nitrogen and oxygen atoms in total. The summed E-state index contributed by atoms with van der Waals surface area (Å²) in [6.45, 7) is 6.78. The third kappa shape index (κ3) is 5.74. The number of hydrogen-bond acceptors (Lipinski definition) is 7. The van der Waals surface area contributed by atoms with Gasteiger partial charge in [-0.2, -0.15) is 0 Å². The first kappa shape index (κ1) is 26.2. The lowest BCUT2D eigenvalue weighted by molar-refractivity contribution is -0.140. The lowest BCUT2D eigenvalue weighted by Crippen LogP contribution is -2.38. The zero-order chi connectivity index (χ0) is 25.7. The number of phenolic OH excluding ortho intramolecular Hbond substituents is 1. The maximum atomic E-state index is 13.2. The van der Waals surface area contributed by atoms with Gasteiger partial charge in [0.05, 0.1) is 37.0 Å². The van der Waals surface area contributed by atoms with Crippen LogP contribution < -0.4 is 4.74 Å². The molecule has 2 fully saturated rings. The lowest BCUT2D eigenvalue weighted by atomic mass is 9.95. The Labute approximate surface area is 219 Å². The minimum Gasteiger partial charge on any atom is -0.507 e. The second kappa shape index (κ2) is 11.9. The number of ether oxygens (including phenoxy) is 2. The van der Waals surface area contributed by atoms with Gasteiger partial charge in [-0.15, -0.1) is 0 Å². The van der Waals surface area contributed by atoms with Crippen molar-refractivity contribution in [2.45, 2.75) is 25.8 Å². The summed E-state index contributed by atoms with van der Waals surface area (Å²) in [5, 5.41) is 21.6. The largest absolute Gasteiger partial charge is 0.507 e. The van der Waals surface area contributed by atoms with Gasteiger partial charge >= 0.3 is 0 Å². The maximum Gasteiger partial charge on any atom is 0.295 e. The van der Waals surface area contributed by atoms with E-state index in [1.807, 2.05) is 19.1 Å². The Morgan fingerprint density at radius 1 is 1.11 bits per heavy atom. The van der Waals surface area contributed by atoms with Crippen LogP contribution in [0.4, 0.5) is 0 Å². The third-order valence-electron chi connectivity index (χ3n) is 6.40. The molecule has 0 bridgehead atoms. The summed E-state index contributed by atoms with van der Waals surface area (Å²) in [4.78, 5) is 30.2. The highest BCUT2D eigenvalue weighted by molar-refractivity contribution is 9.10. The summed E-state index contributed by atoms with van der Waals surface area (Å²) in [5.74, 6) is -1.33. The molecule has 2 N–H and O–H groups in total. The number of ketones is 1. The molecule has 4 rings (SSSR count). The van der Waals surface area contributed by atoms with Gasteiger partial charge in [-0.25, -0.2) is 0 Å². The van der Waals surface area contributed by atoms with Gasteiger partial charge in [0.2, 0.25) is 0 Å². The number of aromatic hydroxyl groups is 1. The number of nitrogens with zero attached hydrogens (tertiary/aromatic N) is 2. The van der Waals surface area contributed by atoms with Gasteiger partial charge in [0, 0.05) is 30.7 Å². The number of carbonyl (C=O) groups excluding carboxylic acids is 2. The Kier molecular flexibility index (Phi) is 8.66. The van der Waals surface area contributed by atoms with E-state index in [1.165, 1.54) is 17.0 Å². The van der Waals surface area contributed by atoms with E-state index in [2.05, 4.69) is 20.8 Å². The smallest absolute Gasteiger partial charge is 0.295 e. The molecule has 2 aromatic rings.